The summed E-state index contributed by atoms with van der Waals surface area (Å²) in [4.78, 5) is 26.9. The maximum absolute atomic E-state index is 12.2. The lowest BCUT2D eigenvalue weighted by Crippen LogP contribution is -2.25. The minimum Gasteiger partial charge on any atom is -0.352 e. The van der Waals surface area contributed by atoms with Gasteiger partial charge >= 0.3 is 0 Å². The van der Waals surface area contributed by atoms with Crippen molar-refractivity contribution in [3.05, 3.63) is 81.8 Å². The maximum atomic E-state index is 12.2. The number of carbonyl (C=O) groups excluding carboxylic acids is 1. The summed E-state index contributed by atoms with van der Waals surface area (Å²) >= 11 is 0. The van der Waals surface area contributed by atoms with Gasteiger partial charge in [-0.05, 0) is 18.6 Å². The molecule has 3 aromatic rings. The Bertz CT molecular complexity index is 951. The van der Waals surface area contributed by atoms with Crippen LogP contribution in [0.2, 0.25) is 0 Å². The molecule has 0 fully saturated rings. The Morgan fingerprint density at radius 2 is 1.88 bits per heavy atom. The van der Waals surface area contributed by atoms with Crippen molar-refractivity contribution in [1.29, 1.82) is 0 Å². The van der Waals surface area contributed by atoms with Gasteiger partial charge in [0.25, 0.3) is 5.56 Å². The van der Waals surface area contributed by atoms with E-state index < -0.39 is 0 Å². The molecule has 0 aliphatic carbocycles. The summed E-state index contributed by atoms with van der Waals surface area (Å²) in [6, 6.07) is 17.3. The average Bonchev–Trinajstić information content (AvgIpc) is 2.66. The molecule has 0 saturated heterocycles. The van der Waals surface area contributed by atoms with E-state index in [1.807, 2.05) is 61.5 Å². The van der Waals surface area contributed by atoms with Crippen molar-refractivity contribution in [1.82, 2.24) is 20.5 Å². The Morgan fingerprint density at radius 3 is 2.62 bits per heavy atom. The zero-order valence-electron chi connectivity index (χ0n) is 14.5. The molecule has 0 atom stereocenters. The molecule has 3 rings (SSSR count). The fraction of sp³-hybridized carbons (Fsp3) is 0.200. The molecule has 1 aromatic heterocycles. The molecule has 0 unspecified atom stereocenters. The van der Waals surface area contributed by atoms with E-state index >= 15 is 0 Å². The van der Waals surface area contributed by atoms with Crippen molar-refractivity contribution >= 4 is 5.91 Å². The lowest BCUT2D eigenvalue weighted by Gasteiger charge is -2.05. The Balaban J connectivity index is 1.58. The van der Waals surface area contributed by atoms with Crippen molar-refractivity contribution in [3.8, 4) is 11.4 Å². The van der Waals surface area contributed by atoms with E-state index in [1.54, 1.807) is 0 Å². The molecule has 2 aromatic carbocycles. The average molecular weight is 348 g/mol. The van der Waals surface area contributed by atoms with E-state index in [9.17, 15) is 9.59 Å². The first-order chi connectivity index (χ1) is 12.6. The molecular weight excluding hydrogens is 328 g/mol. The van der Waals surface area contributed by atoms with Gasteiger partial charge in [-0.2, -0.15) is 0 Å². The third kappa shape index (κ3) is 4.63. The minimum atomic E-state index is -0.313. The highest BCUT2D eigenvalue weighted by atomic mass is 16.1. The molecule has 6 nitrogen and oxygen atoms in total. The second-order valence-corrected chi connectivity index (χ2v) is 6.08. The van der Waals surface area contributed by atoms with Crippen molar-refractivity contribution < 1.29 is 4.79 Å². The fourth-order valence-corrected chi connectivity index (χ4v) is 2.56. The predicted molar refractivity (Wildman–Crippen MR) is 99.4 cm³/mol. The highest BCUT2D eigenvalue weighted by Crippen LogP contribution is 2.14. The van der Waals surface area contributed by atoms with Crippen molar-refractivity contribution in [2.24, 2.45) is 0 Å². The van der Waals surface area contributed by atoms with Crippen LogP contribution < -0.4 is 10.9 Å². The van der Waals surface area contributed by atoms with Crippen LogP contribution in [0.15, 0.2) is 59.4 Å². The van der Waals surface area contributed by atoms with Crippen LogP contribution in [0.4, 0.5) is 0 Å². The van der Waals surface area contributed by atoms with Crippen molar-refractivity contribution in [2.45, 2.75) is 26.3 Å². The summed E-state index contributed by atoms with van der Waals surface area (Å²) in [5.41, 5.74) is 2.86. The molecule has 6 heteroatoms. The molecule has 0 aliphatic heterocycles. The molecule has 1 heterocycles. The van der Waals surface area contributed by atoms with Gasteiger partial charge in [0, 0.05) is 24.9 Å². The Hall–Kier alpha value is -3.28. The van der Waals surface area contributed by atoms with Crippen LogP contribution in [-0.2, 0) is 17.8 Å². The number of nitrogens with one attached hydrogen (secondary N) is 2. The second-order valence-electron chi connectivity index (χ2n) is 6.08. The first-order valence-corrected chi connectivity index (χ1v) is 8.45. The number of nitrogens with zero attached hydrogens (tertiary/aromatic N) is 2. The van der Waals surface area contributed by atoms with Crippen LogP contribution in [0.25, 0.3) is 11.4 Å². The number of rotatable bonds is 6. The normalized spacial score (nSPS) is 10.5. The zero-order chi connectivity index (χ0) is 18.4. The van der Waals surface area contributed by atoms with Gasteiger partial charge in [-0.3, -0.25) is 9.59 Å². The number of benzene rings is 2. The van der Waals surface area contributed by atoms with Crippen molar-refractivity contribution in [2.75, 3.05) is 0 Å². The molecule has 0 bridgehead atoms. The largest absolute Gasteiger partial charge is 0.352 e. The topological polar surface area (TPSA) is 87.7 Å². The summed E-state index contributed by atoms with van der Waals surface area (Å²) < 4.78 is 0. The standard InChI is InChI=1S/C20H20N4O2/c1-14-6-5-9-16(12-14)19-22-20(26)17(23-24-19)10-11-18(25)21-13-15-7-3-2-4-8-15/h2-9,12H,10-11,13H2,1H3,(H,21,25)(H,22,24,26). The van der Waals surface area contributed by atoms with Gasteiger partial charge in [0.05, 0.1) is 0 Å². The van der Waals surface area contributed by atoms with Gasteiger partial charge in [-0.25, -0.2) is 0 Å². The molecule has 1 amide bonds. The number of hydrogen-bond donors (Lipinski definition) is 2. The van der Waals surface area contributed by atoms with Gasteiger partial charge in [0.1, 0.15) is 5.69 Å². The quantitative estimate of drug-likeness (QED) is 0.716. The lowest BCUT2D eigenvalue weighted by molar-refractivity contribution is -0.121. The van der Waals surface area contributed by atoms with Gasteiger partial charge in [0.15, 0.2) is 5.82 Å². The van der Waals surface area contributed by atoms with E-state index in [0.717, 1.165) is 16.7 Å². The van der Waals surface area contributed by atoms with E-state index in [0.29, 0.717) is 12.4 Å². The van der Waals surface area contributed by atoms with Crippen LogP contribution in [-0.4, -0.2) is 21.1 Å². The Labute approximate surface area is 151 Å². The fourth-order valence-electron chi connectivity index (χ4n) is 2.56. The number of aromatic amines is 1. The number of H-pyrrole nitrogens is 1. The molecule has 0 aliphatic rings. The molecule has 132 valence electrons. The summed E-state index contributed by atoms with van der Waals surface area (Å²) in [5.74, 6) is 0.300. The van der Waals surface area contributed by atoms with Crippen LogP contribution in [0.1, 0.15) is 23.2 Å². The first kappa shape index (κ1) is 17.5. The summed E-state index contributed by atoms with van der Waals surface area (Å²) in [6.45, 7) is 2.44. The summed E-state index contributed by atoms with van der Waals surface area (Å²) in [7, 11) is 0. The predicted octanol–water partition coefficient (Wildman–Crippen LogP) is 2.39. The summed E-state index contributed by atoms with van der Waals surface area (Å²) in [6.07, 6.45) is 0.436. The molecule has 0 saturated carbocycles. The van der Waals surface area contributed by atoms with E-state index in [2.05, 4.69) is 20.5 Å². The minimum absolute atomic E-state index is 0.127. The van der Waals surface area contributed by atoms with Crippen LogP contribution in [0, 0.1) is 6.92 Å². The Morgan fingerprint density at radius 1 is 1.08 bits per heavy atom. The first-order valence-electron chi connectivity index (χ1n) is 8.45. The Kier molecular flexibility index (Phi) is 5.53. The number of amides is 1. The van der Waals surface area contributed by atoms with Crippen LogP contribution in [0.3, 0.4) is 0 Å². The van der Waals surface area contributed by atoms with Crippen molar-refractivity contribution in [3.63, 3.8) is 0 Å². The molecule has 0 spiro atoms. The van der Waals surface area contributed by atoms with E-state index in [1.165, 1.54) is 0 Å². The SMILES string of the molecule is Cc1cccc(-c2nnc(CCC(=O)NCc3ccccc3)c(=O)[nH]2)c1. The monoisotopic (exact) mass is 348 g/mol. The third-order valence-corrected chi connectivity index (χ3v) is 3.98. The molecular formula is C20H20N4O2. The maximum Gasteiger partial charge on any atom is 0.273 e. The second kappa shape index (κ2) is 8.20. The molecule has 2 N–H and O–H groups in total. The van der Waals surface area contributed by atoms with Gasteiger partial charge < -0.3 is 10.3 Å². The number of aryl methyl sites for hydroxylation is 2. The van der Waals surface area contributed by atoms with Crippen LogP contribution in [0.5, 0.6) is 0 Å². The smallest absolute Gasteiger partial charge is 0.273 e. The van der Waals surface area contributed by atoms with Crippen LogP contribution >= 0.6 is 0 Å². The van der Waals surface area contributed by atoms with E-state index in [-0.39, 0.29) is 30.0 Å². The van der Waals surface area contributed by atoms with E-state index in [4.69, 9.17) is 0 Å². The van der Waals surface area contributed by atoms with Gasteiger partial charge in [-0.15, -0.1) is 10.2 Å². The third-order valence-electron chi connectivity index (χ3n) is 3.98. The number of aromatic nitrogens is 3. The lowest BCUT2D eigenvalue weighted by atomic mass is 10.1. The highest BCUT2D eigenvalue weighted by Gasteiger charge is 2.09. The zero-order valence-corrected chi connectivity index (χ0v) is 14.5. The molecule has 0 radical (unpaired) electrons. The van der Waals surface area contributed by atoms with Gasteiger partial charge in [0.2, 0.25) is 5.91 Å². The number of carbonyl (C=O) groups is 1. The summed E-state index contributed by atoms with van der Waals surface area (Å²) in [5, 5.41) is 10.9. The highest BCUT2D eigenvalue weighted by molar-refractivity contribution is 5.76. The van der Waals surface area contributed by atoms with Gasteiger partial charge in [-0.1, -0.05) is 54.1 Å². The molecule has 26 heavy (non-hydrogen) atoms. The number of hydrogen-bond acceptors (Lipinski definition) is 4.